The first-order chi connectivity index (χ1) is 7.10. The minimum atomic E-state index is -0.913. The van der Waals surface area contributed by atoms with Gasteiger partial charge in [-0.25, -0.2) is 0 Å². The Morgan fingerprint density at radius 2 is 2.27 bits per heavy atom. The van der Waals surface area contributed by atoms with Gasteiger partial charge in [0, 0.05) is 6.04 Å². The highest BCUT2D eigenvalue weighted by molar-refractivity contribution is 5.89. The molecule has 1 unspecified atom stereocenters. The standard InChI is InChI=1S/C10H14N2O3/c1-2-6(3-4-11)12-9(13)7-5-8(7)10(14)15/h6-8H,2-3,5H2,1H3,(H,12,13)(H,14,15)/t6?,7-,8+/m1/s1. The molecule has 0 heterocycles. The Labute approximate surface area is 88.1 Å². The summed E-state index contributed by atoms with van der Waals surface area (Å²) in [7, 11) is 0. The summed E-state index contributed by atoms with van der Waals surface area (Å²) in [6, 6.07) is 1.83. The number of hydrogen-bond donors (Lipinski definition) is 2. The summed E-state index contributed by atoms with van der Waals surface area (Å²) in [5.74, 6) is -2.06. The number of carbonyl (C=O) groups excluding carboxylic acids is 1. The average Bonchev–Trinajstić information content (AvgIpc) is 2.96. The van der Waals surface area contributed by atoms with Crippen molar-refractivity contribution in [3.63, 3.8) is 0 Å². The smallest absolute Gasteiger partial charge is 0.307 e. The van der Waals surface area contributed by atoms with E-state index in [1.807, 2.05) is 13.0 Å². The summed E-state index contributed by atoms with van der Waals surface area (Å²) in [6.45, 7) is 1.88. The normalized spacial score (nSPS) is 25.1. The number of nitriles is 1. The Morgan fingerprint density at radius 1 is 1.60 bits per heavy atom. The van der Waals surface area contributed by atoms with Gasteiger partial charge in [0.15, 0.2) is 0 Å². The van der Waals surface area contributed by atoms with Gasteiger partial charge >= 0.3 is 5.97 Å². The highest BCUT2D eigenvalue weighted by Crippen LogP contribution is 2.38. The second-order valence-corrected chi connectivity index (χ2v) is 3.76. The number of hydrogen-bond acceptors (Lipinski definition) is 3. The molecular formula is C10H14N2O3. The maximum Gasteiger partial charge on any atom is 0.307 e. The maximum absolute atomic E-state index is 11.5. The summed E-state index contributed by atoms with van der Waals surface area (Å²) in [4.78, 5) is 22.0. The maximum atomic E-state index is 11.5. The van der Waals surface area contributed by atoms with Crippen LogP contribution < -0.4 is 5.32 Å². The quantitative estimate of drug-likeness (QED) is 0.692. The number of nitrogens with one attached hydrogen (secondary N) is 1. The molecule has 0 spiro atoms. The predicted octanol–water partition coefficient (Wildman–Crippen LogP) is 0.516. The zero-order valence-corrected chi connectivity index (χ0v) is 8.56. The van der Waals surface area contributed by atoms with Gasteiger partial charge in [-0.3, -0.25) is 9.59 Å². The number of nitrogens with zero attached hydrogens (tertiary/aromatic N) is 1. The molecule has 1 fully saturated rings. The van der Waals surface area contributed by atoms with E-state index in [-0.39, 0.29) is 18.4 Å². The van der Waals surface area contributed by atoms with Crippen LogP contribution in [0.2, 0.25) is 0 Å². The number of carboxylic acid groups (broad SMARTS) is 1. The van der Waals surface area contributed by atoms with Gasteiger partial charge in [-0.15, -0.1) is 0 Å². The number of rotatable bonds is 5. The second kappa shape index (κ2) is 4.78. The Balaban J connectivity index is 2.37. The number of amides is 1. The van der Waals surface area contributed by atoms with Crippen molar-refractivity contribution in [1.82, 2.24) is 5.32 Å². The van der Waals surface area contributed by atoms with Gasteiger partial charge < -0.3 is 10.4 Å². The lowest BCUT2D eigenvalue weighted by molar-refractivity contribution is -0.140. The monoisotopic (exact) mass is 210 g/mol. The van der Waals surface area contributed by atoms with E-state index in [9.17, 15) is 9.59 Å². The van der Waals surface area contributed by atoms with Gasteiger partial charge in [0.25, 0.3) is 0 Å². The molecule has 5 nitrogen and oxygen atoms in total. The van der Waals surface area contributed by atoms with Crippen molar-refractivity contribution < 1.29 is 14.7 Å². The molecule has 1 amide bonds. The number of carboxylic acids is 1. The number of carbonyl (C=O) groups is 2. The predicted molar refractivity (Wildman–Crippen MR) is 51.7 cm³/mol. The lowest BCUT2D eigenvalue weighted by Crippen LogP contribution is -2.35. The molecule has 1 rings (SSSR count). The lowest BCUT2D eigenvalue weighted by Gasteiger charge is -2.12. The first-order valence-corrected chi connectivity index (χ1v) is 5.00. The SMILES string of the molecule is CCC(CC#N)NC(=O)[C@@H]1C[C@@H]1C(=O)O. The van der Waals surface area contributed by atoms with Gasteiger partial charge in [-0.2, -0.15) is 5.26 Å². The Kier molecular flexibility index (Phi) is 3.67. The van der Waals surface area contributed by atoms with Crippen LogP contribution in [0.1, 0.15) is 26.2 Å². The van der Waals surface area contributed by atoms with Crippen LogP contribution in [-0.4, -0.2) is 23.0 Å². The van der Waals surface area contributed by atoms with Crippen molar-refractivity contribution in [1.29, 1.82) is 5.26 Å². The average molecular weight is 210 g/mol. The van der Waals surface area contributed by atoms with Gasteiger partial charge in [0.1, 0.15) is 0 Å². The van der Waals surface area contributed by atoms with E-state index < -0.39 is 17.8 Å². The van der Waals surface area contributed by atoms with Crippen molar-refractivity contribution in [3.8, 4) is 6.07 Å². The van der Waals surface area contributed by atoms with E-state index in [1.165, 1.54) is 0 Å². The van der Waals surface area contributed by atoms with Crippen LogP contribution in [0.15, 0.2) is 0 Å². The van der Waals surface area contributed by atoms with Crippen LogP contribution >= 0.6 is 0 Å². The summed E-state index contributed by atoms with van der Waals surface area (Å²) in [5.41, 5.74) is 0. The summed E-state index contributed by atoms with van der Waals surface area (Å²) < 4.78 is 0. The number of aliphatic carboxylic acids is 1. The first kappa shape index (κ1) is 11.5. The molecule has 0 saturated heterocycles. The summed E-state index contributed by atoms with van der Waals surface area (Å²) in [5, 5.41) is 19.8. The van der Waals surface area contributed by atoms with Crippen molar-refractivity contribution in [3.05, 3.63) is 0 Å². The minimum Gasteiger partial charge on any atom is -0.481 e. The molecule has 15 heavy (non-hydrogen) atoms. The van der Waals surface area contributed by atoms with Crippen molar-refractivity contribution >= 4 is 11.9 Å². The van der Waals surface area contributed by atoms with E-state index in [0.29, 0.717) is 12.8 Å². The minimum absolute atomic E-state index is 0.155. The molecule has 82 valence electrons. The molecule has 2 N–H and O–H groups in total. The largest absolute Gasteiger partial charge is 0.481 e. The molecule has 0 aromatic rings. The molecule has 0 aromatic heterocycles. The zero-order chi connectivity index (χ0) is 11.4. The van der Waals surface area contributed by atoms with E-state index in [4.69, 9.17) is 10.4 Å². The molecule has 0 radical (unpaired) electrons. The molecular weight excluding hydrogens is 196 g/mol. The fourth-order valence-corrected chi connectivity index (χ4v) is 1.47. The van der Waals surface area contributed by atoms with E-state index >= 15 is 0 Å². The Morgan fingerprint density at radius 3 is 2.67 bits per heavy atom. The van der Waals surface area contributed by atoms with E-state index in [1.54, 1.807) is 0 Å². The van der Waals surface area contributed by atoms with Crippen molar-refractivity contribution in [2.75, 3.05) is 0 Å². The van der Waals surface area contributed by atoms with Gasteiger partial charge in [-0.1, -0.05) is 6.92 Å². The third kappa shape index (κ3) is 2.94. The molecule has 3 atom stereocenters. The summed E-state index contributed by atoms with van der Waals surface area (Å²) >= 11 is 0. The van der Waals surface area contributed by atoms with Crippen LogP contribution in [0.25, 0.3) is 0 Å². The zero-order valence-electron chi connectivity index (χ0n) is 8.56. The van der Waals surface area contributed by atoms with Crippen LogP contribution in [0.4, 0.5) is 0 Å². The molecule has 1 saturated carbocycles. The fraction of sp³-hybridized carbons (Fsp3) is 0.700. The van der Waals surface area contributed by atoms with Gasteiger partial charge in [-0.05, 0) is 12.8 Å². The molecule has 1 aliphatic carbocycles. The molecule has 0 aromatic carbocycles. The Bertz CT molecular complexity index is 308. The highest BCUT2D eigenvalue weighted by atomic mass is 16.4. The molecule has 0 aliphatic heterocycles. The third-order valence-corrected chi connectivity index (χ3v) is 2.62. The Hall–Kier alpha value is -1.57. The second-order valence-electron chi connectivity index (χ2n) is 3.76. The molecule has 0 bridgehead atoms. The first-order valence-electron chi connectivity index (χ1n) is 5.00. The van der Waals surface area contributed by atoms with Gasteiger partial charge in [0.2, 0.25) is 5.91 Å². The van der Waals surface area contributed by atoms with Crippen molar-refractivity contribution in [2.45, 2.75) is 32.2 Å². The van der Waals surface area contributed by atoms with Crippen LogP contribution in [0.5, 0.6) is 0 Å². The topological polar surface area (TPSA) is 90.2 Å². The van der Waals surface area contributed by atoms with E-state index in [0.717, 1.165) is 0 Å². The molecule has 5 heteroatoms. The van der Waals surface area contributed by atoms with Crippen LogP contribution in [0, 0.1) is 23.2 Å². The van der Waals surface area contributed by atoms with Crippen LogP contribution in [-0.2, 0) is 9.59 Å². The summed E-state index contributed by atoms with van der Waals surface area (Å²) in [6.07, 6.45) is 1.38. The fourth-order valence-electron chi connectivity index (χ4n) is 1.47. The third-order valence-electron chi connectivity index (χ3n) is 2.62. The van der Waals surface area contributed by atoms with Gasteiger partial charge in [0.05, 0.1) is 24.3 Å². The van der Waals surface area contributed by atoms with E-state index in [2.05, 4.69) is 5.32 Å². The van der Waals surface area contributed by atoms with Crippen LogP contribution in [0.3, 0.4) is 0 Å². The molecule has 1 aliphatic rings. The lowest BCUT2D eigenvalue weighted by atomic mass is 10.1. The highest BCUT2D eigenvalue weighted by Gasteiger charge is 2.48. The van der Waals surface area contributed by atoms with Crippen molar-refractivity contribution in [2.24, 2.45) is 11.8 Å².